The maximum absolute atomic E-state index is 9.81. The Kier molecular flexibility index (Phi) is 2.94. The van der Waals surface area contributed by atoms with Gasteiger partial charge in [-0.3, -0.25) is 0 Å². The van der Waals surface area contributed by atoms with E-state index in [1.807, 2.05) is 0 Å². The Balaban J connectivity index is 3.78. The van der Waals surface area contributed by atoms with Crippen LogP contribution in [0, 0.1) is 0 Å². The van der Waals surface area contributed by atoms with Crippen molar-refractivity contribution in [3.05, 3.63) is 22.6 Å². The maximum Gasteiger partial charge on any atom is 0.0670 e. The Bertz CT molecular complexity index is 180. The Morgan fingerprint density at radius 3 is 2.78 bits per heavy atom. The molecule has 0 aromatic heterocycles. The van der Waals surface area contributed by atoms with E-state index in [9.17, 15) is 9.90 Å². The highest BCUT2D eigenvalue weighted by Gasteiger charge is 1.88. The van der Waals surface area contributed by atoms with Gasteiger partial charge in [-0.05, 0) is 11.1 Å². The number of hydrogen-bond acceptors (Lipinski definition) is 3. The minimum atomic E-state index is -1.39. The molecule has 5 heteroatoms. The molecule has 0 aliphatic heterocycles. The molecule has 0 aliphatic rings. The average molecular weight is 126 g/mol. The fraction of sp³-hybridized carbons (Fsp3) is 0.250. The number of hydrogen-bond donors (Lipinski definition) is 0. The Morgan fingerprint density at radius 1 is 1.89 bits per heavy atom. The highest BCUT2D eigenvalue weighted by Crippen LogP contribution is 1.87. The molecule has 0 atom stereocenters. The summed E-state index contributed by atoms with van der Waals surface area (Å²) in [6.07, 6.45) is 0. The van der Waals surface area contributed by atoms with E-state index in [-0.39, 0.29) is 12.1 Å². The summed E-state index contributed by atoms with van der Waals surface area (Å²) in [7, 11) is 0. The monoisotopic (exact) mass is 126 g/mol. The molecule has 0 aromatic carbocycles. The lowest BCUT2D eigenvalue weighted by Crippen LogP contribution is -2.24. The molecular formula is C4H4N3O2-. The van der Waals surface area contributed by atoms with Crippen LogP contribution in [0.3, 0.4) is 0 Å². The number of carboxylic acid groups (broad SMARTS) is 1. The molecular weight excluding hydrogens is 122 g/mol. The largest absolute Gasteiger partial charge is 0.545 e. The summed E-state index contributed by atoms with van der Waals surface area (Å²) in [5.74, 6) is -1.39. The number of nitrogens with zero attached hydrogens (tertiary/aromatic N) is 3. The van der Waals surface area contributed by atoms with E-state index in [0.29, 0.717) is 0 Å². The topological polar surface area (TPSA) is 88.9 Å². The van der Waals surface area contributed by atoms with Crippen molar-refractivity contribution >= 4 is 5.97 Å². The van der Waals surface area contributed by atoms with Crippen LogP contribution in [0.4, 0.5) is 0 Å². The van der Waals surface area contributed by atoms with Gasteiger partial charge in [0.25, 0.3) is 0 Å². The first kappa shape index (κ1) is 7.52. The van der Waals surface area contributed by atoms with Gasteiger partial charge in [-0.2, -0.15) is 0 Å². The number of carbonyl (C=O) groups excluding carboxylic acids is 1. The summed E-state index contributed by atoms with van der Waals surface area (Å²) >= 11 is 0. The minimum absolute atomic E-state index is 0.215. The van der Waals surface area contributed by atoms with Crippen molar-refractivity contribution in [2.75, 3.05) is 6.54 Å². The second kappa shape index (κ2) is 3.51. The normalized spacial score (nSPS) is 7.56. The van der Waals surface area contributed by atoms with Crippen molar-refractivity contribution in [1.29, 1.82) is 0 Å². The van der Waals surface area contributed by atoms with Gasteiger partial charge in [-0.1, -0.05) is 11.7 Å². The first-order chi connectivity index (χ1) is 4.18. The van der Waals surface area contributed by atoms with Crippen LogP contribution in [0.2, 0.25) is 0 Å². The van der Waals surface area contributed by atoms with Crippen LogP contribution in [0.5, 0.6) is 0 Å². The lowest BCUT2D eigenvalue weighted by atomic mass is 10.3. The van der Waals surface area contributed by atoms with Crippen LogP contribution in [-0.2, 0) is 4.79 Å². The van der Waals surface area contributed by atoms with Crippen LogP contribution >= 0.6 is 0 Å². The van der Waals surface area contributed by atoms with E-state index in [1.165, 1.54) is 0 Å². The van der Waals surface area contributed by atoms with Crippen molar-refractivity contribution in [1.82, 2.24) is 0 Å². The average Bonchev–Trinajstić information content (AvgIpc) is 1.82. The number of rotatable bonds is 3. The molecule has 0 bridgehead atoms. The van der Waals surface area contributed by atoms with Gasteiger partial charge in [0.2, 0.25) is 0 Å². The molecule has 48 valence electrons. The van der Waals surface area contributed by atoms with E-state index in [0.717, 1.165) is 0 Å². The third-order valence-electron chi connectivity index (χ3n) is 0.613. The second-order valence-corrected chi connectivity index (χ2v) is 1.28. The summed E-state index contributed by atoms with van der Waals surface area (Å²) in [5, 5.41) is 12.8. The summed E-state index contributed by atoms with van der Waals surface area (Å²) in [6, 6.07) is 0. The van der Waals surface area contributed by atoms with E-state index in [1.54, 1.807) is 0 Å². The van der Waals surface area contributed by atoms with E-state index < -0.39 is 5.97 Å². The fourth-order valence-electron chi connectivity index (χ4n) is 0.182. The molecule has 0 rings (SSSR count). The Hall–Kier alpha value is -1.48. The zero-order valence-corrected chi connectivity index (χ0v) is 4.57. The number of azide groups is 1. The number of carbonyl (C=O) groups is 1. The molecule has 9 heavy (non-hydrogen) atoms. The van der Waals surface area contributed by atoms with E-state index >= 15 is 0 Å². The molecule has 5 nitrogen and oxygen atoms in total. The molecule has 0 radical (unpaired) electrons. The van der Waals surface area contributed by atoms with Gasteiger partial charge in [0, 0.05) is 4.91 Å². The molecule has 0 aliphatic carbocycles. The molecule has 0 N–H and O–H groups in total. The van der Waals surface area contributed by atoms with Crippen molar-refractivity contribution in [2.45, 2.75) is 0 Å². The SMILES string of the molecule is C=C(CN=[N+]=[N-])C(=O)[O-]. The molecule has 0 spiro atoms. The van der Waals surface area contributed by atoms with Crippen molar-refractivity contribution in [3.63, 3.8) is 0 Å². The second-order valence-electron chi connectivity index (χ2n) is 1.28. The van der Waals surface area contributed by atoms with Gasteiger partial charge in [-0.15, -0.1) is 0 Å². The highest BCUT2D eigenvalue weighted by atomic mass is 16.4. The molecule has 0 heterocycles. The van der Waals surface area contributed by atoms with Gasteiger partial charge in [0.05, 0.1) is 12.5 Å². The standard InChI is InChI=1S/C4H5N3O2/c1-3(4(8)9)2-6-7-5/h1-2H2,(H,8,9)/p-1. The van der Waals surface area contributed by atoms with Crippen molar-refractivity contribution in [2.24, 2.45) is 5.11 Å². The van der Waals surface area contributed by atoms with Crippen LogP contribution in [0.25, 0.3) is 10.4 Å². The highest BCUT2D eigenvalue weighted by molar-refractivity contribution is 5.84. The summed E-state index contributed by atoms with van der Waals surface area (Å²) in [5.41, 5.74) is 7.49. The lowest BCUT2D eigenvalue weighted by molar-refractivity contribution is -0.299. The Morgan fingerprint density at radius 2 is 2.44 bits per heavy atom. The summed E-state index contributed by atoms with van der Waals surface area (Å²) in [4.78, 5) is 12.1. The van der Waals surface area contributed by atoms with Gasteiger partial charge in [-0.25, -0.2) is 0 Å². The fourth-order valence-corrected chi connectivity index (χ4v) is 0.182. The zero-order chi connectivity index (χ0) is 7.28. The van der Waals surface area contributed by atoms with Crippen LogP contribution in [0.1, 0.15) is 0 Å². The minimum Gasteiger partial charge on any atom is -0.545 e. The number of aliphatic carboxylic acids is 1. The van der Waals surface area contributed by atoms with Gasteiger partial charge in [0.15, 0.2) is 0 Å². The third-order valence-corrected chi connectivity index (χ3v) is 0.613. The molecule has 0 aromatic rings. The molecule has 0 unspecified atom stereocenters. The molecule has 0 amide bonds. The van der Waals surface area contributed by atoms with E-state index in [4.69, 9.17) is 5.53 Å². The third kappa shape index (κ3) is 3.13. The quantitative estimate of drug-likeness (QED) is 0.223. The first-order valence-corrected chi connectivity index (χ1v) is 2.08. The van der Waals surface area contributed by atoms with Crippen LogP contribution in [-0.4, -0.2) is 12.5 Å². The van der Waals surface area contributed by atoms with Gasteiger partial charge in [0.1, 0.15) is 0 Å². The number of carboxylic acids is 1. The zero-order valence-electron chi connectivity index (χ0n) is 4.57. The lowest BCUT2D eigenvalue weighted by Gasteiger charge is -1.98. The predicted octanol–water partition coefficient (Wildman–Crippen LogP) is -0.397. The van der Waals surface area contributed by atoms with Crippen LogP contribution in [0.15, 0.2) is 17.3 Å². The molecule has 0 fully saturated rings. The van der Waals surface area contributed by atoms with E-state index in [2.05, 4.69) is 16.6 Å². The molecule has 0 saturated carbocycles. The van der Waals surface area contributed by atoms with Gasteiger partial charge >= 0.3 is 0 Å². The summed E-state index contributed by atoms with van der Waals surface area (Å²) in [6.45, 7) is 2.83. The smallest absolute Gasteiger partial charge is 0.0670 e. The predicted molar refractivity (Wildman–Crippen MR) is 28.2 cm³/mol. The summed E-state index contributed by atoms with van der Waals surface area (Å²) < 4.78 is 0. The maximum atomic E-state index is 9.81. The molecule has 0 saturated heterocycles. The first-order valence-electron chi connectivity index (χ1n) is 2.08. The van der Waals surface area contributed by atoms with Crippen LogP contribution < -0.4 is 5.11 Å². The van der Waals surface area contributed by atoms with Gasteiger partial charge < -0.3 is 9.90 Å². The van der Waals surface area contributed by atoms with Crippen molar-refractivity contribution in [3.8, 4) is 0 Å². The Labute approximate surface area is 51.2 Å². The van der Waals surface area contributed by atoms with Crippen molar-refractivity contribution < 1.29 is 9.90 Å².